The van der Waals surface area contributed by atoms with E-state index >= 15 is 0 Å². The Morgan fingerprint density at radius 1 is 1.09 bits per heavy atom. The summed E-state index contributed by atoms with van der Waals surface area (Å²) in [6.07, 6.45) is 0.813. The molecule has 0 spiro atoms. The summed E-state index contributed by atoms with van der Waals surface area (Å²) in [4.78, 5) is 41.1. The summed E-state index contributed by atoms with van der Waals surface area (Å²) in [5.41, 5.74) is 3.32. The normalized spacial score (nSPS) is 18.1. The standard InChI is InChI=1S/C26H27N3O3S/c1-17-8-10-20(11-9-17)29-23(30)13-12-21(24(29)22-7-4-14-33-22)26(32)28-16-18-5-3-6-19(15-18)25(31)27-2/h3-11,14-15,21,24H,12-13,16H2,1-2H3,(H,27,31)(H,28,32). The zero-order valence-electron chi connectivity index (χ0n) is 18.7. The van der Waals surface area contributed by atoms with E-state index in [1.54, 1.807) is 41.5 Å². The Labute approximate surface area is 197 Å². The van der Waals surface area contributed by atoms with E-state index in [1.165, 1.54) is 0 Å². The first-order valence-electron chi connectivity index (χ1n) is 11.0. The van der Waals surface area contributed by atoms with Crippen molar-refractivity contribution in [2.45, 2.75) is 32.4 Å². The van der Waals surface area contributed by atoms with Crippen LogP contribution in [0.4, 0.5) is 5.69 Å². The summed E-state index contributed by atoms with van der Waals surface area (Å²) in [6, 6.07) is 18.6. The van der Waals surface area contributed by atoms with Crippen LogP contribution in [0.15, 0.2) is 66.0 Å². The van der Waals surface area contributed by atoms with Gasteiger partial charge in [0.15, 0.2) is 0 Å². The molecule has 0 bridgehead atoms. The van der Waals surface area contributed by atoms with Crippen molar-refractivity contribution in [1.82, 2.24) is 10.6 Å². The minimum absolute atomic E-state index is 0.0274. The fraction of sp³-hybridized carbons (Fsp3) is 0.269. The highest BCUT2D eigenvalue weighted by Crippen LogP contribution is 2.41. The third-order valence-corrected chi connectivity index (χ3v) is 6.91. The van der Waals surface area contributed by atoms with Crippen molar-refractivity contribution >= 4 is 34.7 Å². The van der Waals surface area contributed by atoms with Crippen molar-refractivity contribution in [3.8, 4) is 0 Å². The van der Waals surface area contributed by atoms with Gasteiger partial charge in [-0.15, -0.1) is 11.3 Å². The van der Waals surface area contributed by atoms with Gasteiger partial charge in [-0.3, -0.25) is 14.4 Å². The topological polar surface area (TPSA) is 78.5 Å². The van der Waals surface area contributed by atoms with Crippen LogP contribution in [0.1, 0.15) is 45.2 Å². The first-order chi connectivity index (χ1) is 16.0. The molecule has 3 aromatic rings. The molecule has 170 valence electrons. The number of hydrogen-bond acceptors (Lipinski definition) is 4. The van der Waals surface area contributed by atoms with E-state index in [1.807, 2.05) is 54.8 Å². The van der Waals surface area contributed by atoms with E-state index < -0.39 is 0 Å². The van der Waals surface area contributed by atoms with Gasteiger partial charge in [0, 0.05) is 36.1 Å². The minimum atomic E-state index is -0.371. The average Bonchev–Trinajstić information content (AvgIpc) is 3.37. The van der Waals surface area contributed by atoms with Crippen molar-refractivity contribution in [3.63, 3.8) is 0 Å². The van der Waals surface area contributed by atoms with Crippen LogP contribution in [-0.4, -0.2) is 24.8 Å². The van der Waals surface area contributed by atoms with E-state index in [-0.39, 0.29) is 29.7 Å². The van der Waals surface area contributed by atoms with Gasteiger partial charge in [-0.2, -0.15) is 0 Å². The summed E-state index contributed by atoms with van der Waals surface area (Å²) < 4.78 is 0. The maximum absolute atomic E-state index is 13.4. The SMILES string of the molecule is CNC(=O)c1cccc(CNC(=O)C2CCC(=O)N(c3ccc(C)cc3)C2c2cccs2)c1. The van der Waals surface area contributed by atoms with Crippen LogP contribution in [0.2, 0.25) is 0 Å². The number of carbonyl (C=O) groups excluding carboxylic acids is 3. The largest absolute Gasteiger partial charge is 0.355 e. The molecule has 1 fully saturated rings. The van der Waals surface area contributed by atoms with E-state index in [4.69, 9.17) is 0 Å². The van der Waals surface area contributed by atoms with E-state index in [0.717, 1.165) is 21.7 Å². The Bertz CT molecular complexity index is 1140. The van der Waals surface area contributed by atoms with Crippen molar-refractivity contribution in [3.05, 3.63) is 87.6 Å². The molecular formula is C26H27N3O3S. The molecule has 2 heterocycles. The van der Waals surface area contributed by atoms with Gasteiger partial charge in [-0.1, -0.05) is 35.9 Å². The molecule has 1 aliphatic rings. The predicted molar refractivity (Wildman–Crippen MR) is 130 cm³/mol. The number of amides is 3. The minimum Gasteiger partial charge on any atom is -0.355 e. The highest BCUT2D eigenvalue weighted by molar-refractivity contribution is 7.10. The lowest BCUT2D eigenvalue weighted by atomic mass is 9.86. The van der Waals surface area contributed by atoms with Gasteiger partial charge < -0.3 is 15.5 Å². The van der Waals surface area contributed by atoms with Crippen LogP contribution < -0.4 is 15.5 Å². The van der Waals surface area contributed by atoms with Crippen LogP contribution >= 0.6 is 11.3 Å². The molecule has 2 aromatic carbocycles. The van der Waals surface area contributed by atoms with Crippen LogP contribution in [0, 0.1) is 12.8 Å². The third-order valence-electron chi connectivity index (χ3n) is 5.96. The first-order valence-corrected chi connectivity index (χ1v) is 11.9. The zero-order valence-corrected chi connectivity index (χ0v) is 19.5. The molecular weight excluding hydrogens is 434 g/mol. The second kappa shape index (κ2) is 10.0. The van der Waals surface area contributed by atoms with Gasteiger partial charge >= 0.3 is 0 Å². The number of aryl methyl sites for hydroxylation is 1. The highest BCUT2D eigenvalue weighted by atomic mass is 32.1. The molecule has 33 heavy (non-hydrogen) atoms. The number of thiophene rings is 1. The van der Waals surface area contributed by atoms with Crippen molar-refractivity contribution < 1.29 is 14.4 Å². The van der Waals surface area contributed by atoms with Crippen LogP contribution in [0.5, 0.6) is 0 Å². The molecule has 7 heteroatoms. The Hall–Kier alpha value is -3.45. The lowest BCUT2D eigenvalue weighted by Gasteiger charge is -2.40. The number of hydrogen-bond donors (Lipinski definition) is 2. The quantitative estimate of drug-likeness (QED) is 0.577. The molecule has 1 saturated heterocycles. The number of nitrogens with one attached hydrogen (secondary N) is 2. The third kappa shape index (κ3) is 4.98. The summed E-state index contributed by atoms with van der Waals surface area (Å²) in [5, 5.41) is 7.62. The second-order valence-corrected chi connectivity index (χ2v) is 9.18. The predicted octanol–water partition coefficient (Wildman–Crippen LogP) is 4.22. The molecule has 6 nitrogen and oxygen atoms in total. The maximum atomic E-state index is 13.4. The molecule has 2 atom stereocenters. The molecule has 1 aliphatic heterocycles. The average molecular weight is 462 g/mol. The fourth-order valence-corrected chi connectivity index (χ4v) is 5.13. The number of nitrogens with zero attached hydrogens (tertiary/aromatic N) is 1. The summed E-state index contributed by atoms with van der Waals surface area (Å²) in [7, 11) is 1.59. The Balaban J connectivity index is 1.57. The van der Waals surface area contributed by atoms with Crippen LogP contribution in [0.3, 0.4) is 0 Å². The summed E-state index contributed by atoms with van der Waals surface area (Å²) in [6.45, 7) is 2.32. The number of benzene rings is 2. The van der Waals surface area contributed by atoms with Crippen molar-refractivity contribution in [1.29, 1.82) is 0 Å². The molecule has 0 saturated carbocycles. The van der Waals surface area contributed by atoms with Gasteiger partial charge in [0.25, 0.3) is 5.91 Å². The smallest absolute Gasteiger partial charge is 0.251 e. The monoisotopic (exact) mass is 461 g/mol. The van der Waals surface area contributed by atoms with Gasteiger partial charge in [0.05, 0.1) is 12.0 Å². The molecule has 0 radical (unpaired) electrons. The molecule has 0 aliphatic carbocycles. The number of piperidine rings is 1. The molecule has 2 N–H and O–H groups in total. The number of anilines is 1. The van der Waals surface area contributed by atoms with Gasteiger partial charge in [0.1, 0.15) is 0 Å². The lowest BCUT2D eigenvalue weighted by Crippen LogP contribution is -2.48. The second-order valence-electron chi connectivity index (χ2n) is 8.20. The zero-order chi connectivity index (χ0) is 23.4. The van der Waals surface area contributed by atoms with Crippen LogP contribution in [0.25, 0.3) is 0 Å². The summed E-state index contributed by atoms with van der Waals surface area (Å²) >= 11 is 1.56. The Kier molecular flexibility index (Phi) is 6.89. The van der Waals surface area contributed by atoms with Gasteiger partial charge in [-0.05, 0) is 54.6 Å². The molecule has 4 rings (SSSR count). The van der Waals surface area contributed by atoms with Gasteiger partial charge in [0.2, 0.25) is 11.8 Å². The summed E-state index contributed by atoms with van der Waals surface area (Å²) in [5.74, 6) is -0.604. The Morgan fingerprint density at radius 3 is 2.58 bits per heavy atom. The van der Waals surface area contributed by atoms with Crippen molar-refractivity contribution in [2.24, 2.45) is 5.92 Å². The van der Waals surface area contributed by atoms with Gasteiger partial charge in [-0.25, -0.2) is 0 Å². The fourth-order valence-electron chi connectivity index (χ4n) is 4.25. The molecule has 2 unspecified atom stereocenters. The number of rotatable bonds is 6. The highest BCUT2D eigenvalue weighted by Gasteiger charge is 2.41. The Morgan fingerprint density at radius 2 is 1.88 bits per heavy atom. The molecule has 3 amide bonds. The van der Waals surface area contributed by atoms with Crippen LogP contribution in [-0.2, 0) is 16.1 Å². The lowest BCUT2D eigenvalue weighted by molar-refractivity contribution is -0.129. The van der Waals surface area contributed by atoms with E-state index in [9.17, 15) is 14.4 Å². The first kappa shape index (κ1) is 22.7. The maximum Gasteiger partial charge on any atom is 0.251 e. The van der Waals surface area contributed by atoms with Crippen molar-refractivity contribution in [2.75, 3.05) is 11.9 Å². The van der Waals surface area contributed by atoms with E-state index in [2.05, 4.69) is 10.6 Å². The van der Waals surface area contributed by atoms with E-state index in [0.29, 0.717) is 24.9 Å². The number of carbonyl (C=O) groups is 3. The molecule has 1 aromatic heterocycles.